The summed E-state index contributed by atoms with van der Waals surface area (Å²) < 4.78 is 5.46. The smallest absolute Gasteiger partial charge is 0.261 e. The number of nitrogens with one attached hydrogen (secondary N) is 1. The van der Waals surface area contributed by atoms with Gasteiger partial charge in [0.05, 0.1) is 23.8 Å². The topological polar surface area (TPSA) is 67.6 Å². The van der Waals surface area contributed by atoms with Gasteiger partial charge in [0.1, 0.15) is 5.00 Å². The number of hydrogen-bond donors (Lipinski definition) is 2. The predicted molar refractivity (Wildman–Crippen MR) is 110 cm³/mol. The first-order chi connectivity index (χ1) is 13.2. The zero-order chi connectivity index (χ0) is 18.4. The third kappa shape index (κ3) is 2.76. The molecule has 2 aromatic carbocycles. The maximum absolute atomic E-state index is 12.5. The van der Waals surface area contributed by atoms with E-state index in [9.17, 15) is 4.79 Å². The fraction of sp³-hybridized carbons (Fsp3) is 0.286. The number of carbonyl (C=O) groups excluding carboxylic acids is 1. The minimum absolute atomic E-state index is 0.0155. The molecule has 1 atom stereocenters. The molecule has 27 heavy (non-hydrogen) atoms. The second-order valence-corrected chi connectivity index (χ2v) is 8.03. The van der Waals surface area contributed by atoms with Crippen LogP contribution in [0.3, 0.4) is 0 Å². The molecular formula is C21H21N3O2S. The summed E-state index contributed by atoms with van der Waals surface area (Å²) in [4.78, 5) is 15.5. The molecule has 6 heteroatoms. The Morgan fingerprint density at radius 3 is 2.70 bits per heavy atom. The van der Waals surface area contributed by atoms with Gasteiger partial charge in [-0.05, 0) is 16.3 Å². The van der Waals surface area contributed by atoms with Gasteiger partial charge in [0.25, 0.3) is 5.91 Å². The van der Waals surface area contributed by atoms with Gasteiger partial charge < -0.3 is 20.7 Å². The Morgan fingerprint density at radius 2 is 1.89 bits per heavy atom. The monoisotopic (exact) mass is 379 g/mol. The van der Waals surface area contributed by atoms with E-state index < -0.39 is 0 Å². The Morgan fingerprint density at radius 1 is 1.11 bits per heavy atom. The van der Waals surface area contributed by atoms with Crippen molar-refractivity contribution < 1.29 is 9.53 Å². The van der Waals surface area contributed by atoms with E-state index in [0.717, 1.165) is 34.2 Å². The van der Waals surface area contributed by atoms with Gasteiger partial charge in [-0.2, -0.15) is 0 Å². The van der Waals surface area contributed by atoms with Gasteiger partial charge in [0, 0.05) is 31.1 Å². The first kappa shape index (κ1) is 16.6. The molecule has 1 aromatic heterocycles. The summed E-state index contributed by atoms with van der Waals surface area (Å²) in [5.41, 5.74) is 9.53. The van der Waals surface area contributed by atoms with Crippen molar-refractivity contribution in [2.24, 2.45) is 0 Å². The SMILES string of the molecule is Nc1c(N2CCOCC2)sc2c1C(c1ccc3ccccc3c1)CNC2=O. The molecule has 3 N–H and O–H groups in total. The van der Waals surface area contributed by atoms with Gasteiger partial charge in [0.2, 0.25) is 0 Å². The minimum atomic E-state index is -0.0155. The van der Waals surface area contributed by atoms with E-state index in [1.54, 1.807) is 0 Å². The van der Waals surface area contributed by atoms with Crippen molar-refractivity contribution in [1.82, 2.24) is 5.32 Å². The molecular weight excluding hydrogens is 358 g/mol. The first-order valence-corrected chi connectivity index (χ1v) is 10.1. The summed E-state index contributed by atoms with van der Waals surface area (Å²) in [6.45, 7) is 3.59. The number of morpholine rings is 1. The lowest BCUT2D eigenvalue weighted by atomic mass is 9.87. The minimum Gasteiger partial charge on any atom is -0.396 e. The van der Waals surface area contributed by atoms with Crippen LogP contribution in [-0.4, -0.2) is 38.8 Å². The van der Waals surface area contributed by atoms with Crippen LogP contribution in [0.1, 0.15) is 26.7 Å². The molecule has 2 aliphatic heterocycles. The predicted octanol–water partition coefficient (Wildman–Crippen LogP) is 3.20. The Kier molecular flexibility index (Phi) is 4.02. The summed E-state index contributed by atoms with van der Waals surface area (Å²) in [7, 11) is 0. The van der Waals surface area contributed by atoms with Gasteiger partial charge in [-0.1, -0.05) is 42.5 Å². The number of thiophene rings is 1. The fourth-order valence-corrected chi connectivity index (χ4v) is 5.30. The number of amides is 1. The Balaban J connectivity index is 1.60. The van der Waals surface area contributed by atoms with Gasteiger partial charge in [0.15, 0.2) is 0 Å². The zero-order valence-corrected chi connectivity index (χ0v) is 15.7. The average molecular weight is 379 g/mol. The lowest BCUT2D eigenvalue weighted by Crippen LogP contribution is -2.36. The van der Waals surface area contributed by atoms with Crippen LogP contribution in [-0.2, 0) is 4.74 Å². The lowest BCUT2D eigenvalue weighted by Gasteiger charge is -2.28. The molecule has 0 radical (unpaired) electrons. The molecule has 2 aliphatic rings. The average Bonchev–Trinajstić information content (AvgIpc) is 3.07. The van der Waals surface area contributed by atoms with Crippen LogP contribution in [0.5, 0.6) is 0 Å². The highest BCUT2D eigenvalue weighted by Crippen LogP contribution is 2.46. The molecule has 138 valence electrons. The van der Waals surface area contributed by atoms with Gasteiger partial charge >= 0.3 is 0 Å². The quantitative estimate of drug-likeness (QED) is 0.718. The van der Waals surface area contributed by atoms with Gasteiger partial charge in [-0.15, -0.1) is 11.3 Å². The van der Waals surface area contributed by atoms with Gasteiger partial charge in [-0.3, -0.25) is 4.79 Å². The first-order valence-electron chi connectivity index (χ1n) is 9.24. The molecule has 1 unspecified atom stereocenters. The van der Waals surface area contributed by atoms with Crippen molar-refractivity contribution in [3.8, 4) is 0 Å². The van der Waals surface area contributed by atoms with Crippen molar-refractivity contribution in [3.05, 3.63) is 58.5 Å². The molecule has 1 amide bonds. The number of anilines is 2. The van der Waals surface area contributed by atoms with Crippen molar-refractivity contribution >= 4 is 38.7 Å². The van der Waals surface area contributed by atoms with Crippen LogP contribution in [0.25, 0.3) is 10.8 Å². The summed E-state index contributed by atoms with van der Waals surface area (Å²) in [5.74, 6) is 0.0617. The molecule has 0 spiro atoms. The van der Waals surface area contributed by atoms with E-state index in [0.29, 0.717) is 19.8 Å². The third-order valence-corrected chi connectivity index (χ3v) is 6.74. The van der Waals surface area contributed by atoms with Crippen molar-refractivity contribution in [3.63, 3.8) is 0 Å². The van der Waals surface area contributed by atoms with Crippen LogP contribution in [0.4, 0.5) is 10.7 Å². The van der Waals surface area contributed by atoms with E-state index in [-0.39, 0.29) is 11.8 Å². The van der Waals surface area contributed by atoms with E-state index in [4.69, 9.17) is 10.5 Å². The number of hydrogen-bond acceptors (Lipinski definition) is 5. The standard InChI is InChI=1S/C21H21N3O2S/c22-18-17-16(15-6-5-13-3-1-2-4-14(13)11-15)12-23-20(25)19(17)27-21(18)24-7-9-26-10-8-24/h1-6,11,16H,7-10,12,22H2,(H,23,25). The molecule has 0 saturated carbocycles. The lowest BCUT2D eigenvalue weighted by molar-refractivity contribution is 0.0947. The fourth-order valence-electron chi connectivity index (χ4n) is 4.05. The third-order valence-electron chi connectivity index (χ3n) is 5.46. The molecule has 0 aliphatic carbocycles. The molecule has 1 fully saturated rings. The van der Waals surface area contributed by atoms with E-state index >= 15 is 0 Å². The van der Waals surface area contributed by atoms with Crippen LogP contribution in [0.15, 0.2) is 42.5 Å². The number of rotatable bonds is 2. The molecule has 1 saturated heterocycles. The molecule has 5 nitrogen and oxygen atoms in total. The number of nitrogen functional groups attached to an aromatic ring is 1. The maximum Gasteiger partial charge on any atom is 0.261 e. The largest absolute Gasteiger partial charge is 0.396 e. The number of carbonyl (C=O) groups is 1. The number of nitrogens with zero attached hydrogens (tertiary/aromatic N) is 1. The van der Waals surface area contributed by atoms with Gasteiger partial charge in [-0.25, -0.2) is 0 Å². The Bertz CT molecular complexity index is 1020. The molecule has 5 rings (SSSR count). The summed E-state index contributed by atoms with van der Waals surface area (Å²) in [6, 6.07) is 14.8. The van der Waals surface area contributed by atoms with Crippen LogP contribution < -0.4 is 16.0 Å². The normalized spacial score (nSPS) is 19.8. The highest BCUT2D eigenvalue weighted by molar-refractivity contribution is 7.19. The number of nitrogens with two attached hydrogens (primary N) is 1. The number of ether oxygens (including phenoxy) is 1. The zero-order valence-electron chi connectivity index (χ0n) is 14.9. The molecule has 3 aromatic rings. The number of benzene rings is 2. The second kappa shape index (κ2) is 6.55. The van der Waals surface area contributed by atoms with Crippen molar-refractivity contribution in [1.29, 1.82) is 0 Å². The van der Waals surface area contributed by atoms with Crippen LogP contribution >= 0.6 is 11.3 Å². The van der Waals surface area contributed by atoms with Crippen molar-refractivity contribution in [2.45, 2.75) is 5.92 Å². The van der Waals surface area contributed by atoms with E-state index in [1.165, 1.54) is 27.7 Å². The van der Waals surface area contributed by atoms with Crippen LogP contribution in [0, 0.1) is 0 Å². The summed E-state index contributed by atoms with van der Waals surface area (Å²) >= 11 is 1.51. The molecule has 0 bridgehead atoms. The van der Waals surface area contributed by atoms with E-state index in [1.807, 2.05) is 6.07 Å². The number of fused-ring (bicyclic) bond motifs is 2. The summed E-state index contributed by atoms with van der Waals surface area (Å²) in [6.07, 6.45) is 0. The highest BCUT2D eigenvalue weighted by atomic mass is 32.1. The Labute approximate surface area is 161 Å². The van der Waals surface area contributed by atoms with Crippen LogP contribution in [0.2, 0.25) is 0 Å². The maximum atomic E-state index is 12.5. The second-order valence-electron chi connectivity index (χ2n) is 7.03. The molecule has 3 heterocycles. The summed E-state index contributed by atoms with van der Waals surface area (Å²) in [5, 5.41) is 6.48. The van der Waals surface area contributed by atoms with E-state index in [2.05, 4.69) is 46.6 Å². The Hall–Kier alpha value is -2.57. The highest BCUT2D eigenvalue weighted by Gasteiger charge is 2.34. The van der Waals surface area contributed by atoms with Crippen molar-refractivity contribution in [2.75, 3.05) is 43.5 Å².